The number of carbonyl (C=O) groups excluding carboxylic acids is 1. The first-order chi connectivity index (χ1) is 10.4. The average molecular weight is 317 g/mol. The third-order valence-corrected chi connectivity index (χ3v) is 6.00. The summed E-state index contributed by atoms with van der Waals surface area (Å²) in [5.41, 5.74) is 1.02. The number of rotatable bonds is 3. The standard InChI is InChI=1S/C17H19NO3S/c1-12(18-17(19)16-8-9-22(20,21)11-16)14-7-6-13-4-2-3-5-15(13)10-14/h2-7,10,12,16H,8-9,11H2,1H3,(H,18,19). The molecule has 1 fully saturated rings. The van der Waals surface area contributed by atoms with E-state index in [0.717, 1.165) is 16.3 Å². The molecule has 1 heterocycles. The molecule has 0 bridgehead atoms. The summed E-state index contributed by atoms with van der Waals surface area (Å²) in [5.74, 6) is -0.478. The van der Waals surface area contributed by atoms with E-state index in [1.165, 1.54) is 0 Å². The van der Waals surface area contributed by atoms with E-state index in [9.17, 15) is 13.2 Å². The zero-order chi connectivity index (χ0) is 15.7. The van der Waals surface area contributed by atoms with Crippen LogP contribution < -0.4 is 5.32 Å². The quantitative estimate of drug-likeness (QED) is 0.946. The number of sulfone groups is 1. The maximum atomic E-state index is 12.2. The van der Waals surface area contributed by atoms with E-state index in [0.29, 0.717) is 6.42 Å². The second-order valence-electron chi connectivity index (χ2n) is 5.94. The summed E-state index contributed by atoms with van der Waals surface area (Å²) < 4.78 is 22.9. The largest absolute Gasteiger partial charge is 0.349 e. The highest BCUT2D eigenvalue weighted by molar-refractivity contribution is 7.91. The van der Waals surface area contributed by atoms with Crippen LogP contribution in [0.4, 0.5) is 0 Å². The first kappa shape index (κ1) is 15.0. The van der Waals surface area contributed by atoms with Gasteiger partial charge in [-0.15, -0.1) is 0 Å². The van der Waals surface area contributed by atoms with Gasteiger partial charge in [0.1, 0.15) is 0 Å². The summed E-state index contributed by atoms with van der Waals surface area (Å²) in [6, 6.07) is 14.0. The van der Waals surface area contributed by atoms with E-state index in [1.807, 2.05) is 43.3 Å². The minimum absolute atomic E-state index is 0.0245. The van der Waals surface area contributed by atoms with E-state index >= 15 is 0 Å². The summed E-state index contributed by atoms with van der Waals surface area (Å²) >= 11 is 0. The lowest BCUT2D eigenvalue weighted by Gasteiger charge is -2.17. The van der Waals surface area contributed by atoms with E-state index in [4.69, 9.17) is 0 Å². The van der Waals surface area contributed by atoms with Crippen molar-refractivity contribution in [1.82, 2.24) is 5.32 Å². The maximum Gasteiger partial charge on any atom is 0.224 e. The molecule has 0 aliphatic carbocycles. The Hall–Kier alpha value is -1.88. The highest BCUT2D eigenvalue weighted by Gasteiger charge is 2.33. The van der Waals surface area contributed by atoms with Crippen molar-refractivity contribution in [2.75, 3.05) is 11.5 Å². The summed E-state index contributed by atoms with van der Waals surface area (Å²) in [6.07, 6.45) is 0.429. The van der Waals surface area contributed by atoms with Crippen molar-refractivity contribution in [2.45, 2.75) is 19.4 Å². The van der Waals surface area contributed by atoms with Crippen LogP contribution in [0.3, 0.4) is 0 Å². The zero-order valence-corrected chi connectivity index (χ0v) is 13.3. The van der Waals surface area contributed by atoms with Gasteiger partial charge in [-0.3, -0.25) is 4.79 Å². The molecule has 1 amide bonds. The van der Waals surface area contributed by atoms with Crippen LogP contribution in [-0.4, -0.2) is 25.8 Å². The Labute approximate surface area is 130 Å². The molecule has 1 aliphatic rings. The lowest BCUT2D eigenvalue weighted by Crippen LogP contribution is -2.33. The van der Waals surface area contributed by atoms with E-state index < -0.39 is 15.8 Å². The first-order valence-corrected chi connectivity index (χ1v) is 9.26. The van der Waals surface area contributed by atoms with E-state index in [1.54, 1.807) is 0 Å². The minimum atomic E-state index is -3.03. The summed E-state index contributed by atoms with van der Waals surface area (Å²) in [7, 11) is -3.03. The number of carbonyl (C=O) groups is 1. The number of nitrogens with one attached hydrogen (secondary N) is 1. The van der Waals surface area contributed by atoms with Crippen molar-refractivity contribution in [1.29, 1.82) is 0 Å². The molecule has 0 spiro atoms. The van der Waals surface area contributed by atoms with Gasteiger partial charge in [0.15, 0.2) is 9.84 Å². The molecular formula is C17H19NO3S. The number of hydrogen-bond acceptors (Lipinski definition) is 3. The van der Waals surface area contributed by atoms with Crippen molar-refractivity contribution >= 4 is 26.5 Å². The Kier molecular flexibility index (Phi) is 3.91. The third kappa shape index (κ3) is 3.14. The van der Waals surface area contributed by atoms with Gasteiger partial charge in [-0.2, -0.15) is 0 Å². The van der Waals surface area contributed by atoms with Gasteiger partial charge in [0.05, 0.1) is 23.5 Å². The summed E-state index contributed by atoms with van der Waals surface area (Å²) in [6.45, 7) is 1.92. The van der Waals surface area contributed by atoms with Gasteiger partial charge in [-0.25, -0.2) is 8.42 Å². The second kappa shape index (κ2) is 5.72. The highest BCUT2D eigenvalue weighted by Crippen LogP contribution is 2.23. The van der Waals surface area contributed by atoms with Crippen molar-refractivity contribution in [3.63, 3.8) is 0 Å². The van der Waals surface area contributed by atoms with Crippen LogP contribution in [0.1, 0.15) is 24.9 Å². The van der Waals surface area contributed by atoms with Crippen molar-refractivity contribution in [3.05, 3.63) is 48.0 Å². The smallest absolute Gasteiger partial charge is 0.224 e. The van der Waals surface area contributed by atoms with Crippen LogP contribution in [-0.2, 0) is 14.6 Å². The predicted octanol–water partition coefficient (Wildman–Crippen LogP) is 2.45. The number of amides is 1. The van der Waals surface area contributed by atoms with Gasteiger partial charge in [-0.1, -0.05) is 36.4 Å². The number of fused-ring (bicyclic) bond motifs is 1. The van der Waals surface area contributed by atoms with Crippen molar-refractivity contribution in [3.8, 4) is 0 Å². The monoisotopic (exact) mass is 317 g/mol. The van der Waals surface area contributed by atoms with Crippen molar-refractivity contribution in [2.24, 2.45) is 5.92 Å². The van der Waals surface area contributed by atoms with Crippen LogP contribution in [0.2, 0.25) is 0 Å². The van der Waals surface area contributed by atoms with Gasteiger partial charge in [0.25, 0.3) is 0 Å². The Bertz CT molecular complexity index is 814. The average Bonchev–Trinajstić information content (AvgIpc) is 2.87. The molecule has 0 saturated carbocycles. The molecule has 1 saturated heterocycles. The fraction of sp³-hybridized carbons (Fsp3) is 0.353. The molecule has 2 aromatic rings. The molecule has 5 heteroatoms. The van der Waals surface area contributed by atoms with Crippen molar-refractivity contribution < 1.29 is 13.2 Å². The molecule has 1 aliphatic heterocycles. The van der Waals surface area contributed by atoms with Crippen LogP contribution in [0.15, 0.2) is 42.5 Å². The lowest BCUT2D eigenvalue weighted by atomic mass is 10.0. The first-order valence-electron chi connectivity index (χ1n) is 7.44. The molecule has 0 aromatic heterocycles. The molecule has 3 rings (SSSR count). The van der Waals surface area contributed by atoms with Gasteiger partial charge >= 0.3 is 0 Å². The molecule has 22 heavy (non-hydrogen) atoms. The topological polar surface area (TPSA) is 63.2 Å². The predicted molar refractivity (Wildman–Crippen MR) is 87.3 cm³/mol. The van der Waals surface area contributed by atoms with Gasteiger partial charge in [-0.05, 0) is 35.7 Å². The molecular weight excluding hydrogens is 298 g/mol. The Morgan fingerprint density at radius 3 is 2.59 bits per heavy atom. The minimum Gasteiger partial charge on any atom is -0.349 e. The number of benzene rings is 2. The molecule has 116 valence electrons. The van der Waals surface area contributed by atoms with Crippen LogP contribution in [0, 0.1) is 5.92 Å². The van der Waals surface area contributed by atoms with Crippen LogP contribution >= 0.6 is 0 Å². The molecule has 2 atom stereocenters. The molecule has 1 N–H and O–H groups in total. The Balaban J connectivity index is 1.73. The number of hydrogen-bond donors (Lipinski definition) is 1. The summed E-state index contributed by atoms with van der Waals surface area (Å²) in [5, 5.41) is 5.23. The second-order valence-corrected chi connectivity index (χ2v) is 8.17. The van der Waals surface area contributed by atoms with Crippen LogP contribution in [0.5, 0.6) is 0 Å². The summed E-state index contributed by atoms with van der Waals surface area (Å²) in [4.78, 5) is 12.2. The zero-order valence-electron chi connectivity index (χ0n) is 12.5. The molecule has 0 radical (unpaired) electrons. The Morgan fingerprint density at radius 2 is 1.91 bits per heavy atom. The molecule has 2 aromatic carbocycles. The van der Waals surface area contributed by atoms with Gasteiger partial charge in [0.2, 0.25) is 5.91 Å². The maximum absolute atomic E-state index is 12.2. The van der Waals surface area contributed by atoms with E-state index in [-0.39, 0.29) is 23.5 Å². The lowest BCUT2D eigenvalue weighted by molar-refractivity contribution is -0.124. The Morgan fingerprint density at radius 1 is 1.18 bits per heavy atom. The SMILES string of the molecule is CC(NC(=O)C1CCS(=O)(=O)C1)c1ccc2ccccc2c1. The molecule has 2 unspecified atom stereocenters. The highest BCUT2D eigenvalue weighted by atomic mass is 32.2. The van der Waals surface area contributed by atoms with Gasteiger partial charge in [0, 0.05) is 0 Å². The molecule has 4 nitrogen and oxygen atoms in total. The van der Waals surface area contributed by atoms with Crippen LogP contribution in [0.25, 0.3) is 10.8 Å². The van der Waals surface area contributed by atoms with Gasteiger partial charge < -0.3 is 5.32 Å². The fourth-order valence-electron chi connectivity index (χ4n) is 2.89. The van der Waals surface area contributed by atoms with E-state index in [2.05, 4.69) is 11.4 Å². The third-order valence-electron chi connectivity index (χ3n) is 4.24. The normalized spacial score (nSPS) is 21.6. The fourth-order valence-corrected chi connectivity index (χ4v) is 4.63.